The summed E-state index contributed by atoms with van der Waals surface area (Å²) in [7, 11) is 1.78. The molecule has 0 aromatic rings. The van der Waals surface area contributed by atoms with Gasteiger partial charge in [-0.1, -0.05) is 53.5 Å². The van der Waals surface area contributed by atoms with Crippen molar-refractivity contribution in [1.82, 2.24) is 15.5 Å². The number of carbonyl (C=O) groups is 3. The van der Waals surface area contributed by atoms with Gasteiger partial charge >= 0.3 is 5.97 Å². The minimum atomic E-state index is -0.677. The van der Waals surface area contributed by atoms with E-state index >= 15 is 0 Å². The molecule has 2 unspecified atom stereocenters. The summed E-state index contributed by atoms with van der Waals surface area (Å²) in [6.07, 6.45) is 8.09. The topological polar surface area (TPSA) is 87.7 Å². The minimum Gasteiger partial charge on any atom is -0.463 e. The molecule has 34 heavy (non-hydrogen) atoms. The van der Waals surface area contributed by atoms with Crippen LogP contribution < -0.4 is 10.6 Å². The van der Waals surface area contributed by atoms with Crippen molar-refractivity contribution in [3.8, 4) is 0 Å². The zero-order chi connectivity index (χ0) is 25.9. The molecule has 1 aliphatic rings. The van der Waals surface area contributed by atoms with Crippen LogP contribution in [0.2, 0.25) is 0 Å². The summed E-state index contributed by atoms with van der Waals surface area (Å²) in [4.78, 5) is 41.3. The average molecular weight is 480 g/mol. The van der Waals surface area contributed by atoms with Gasteiger partial charge in [0.15, 0.2) is 0 Å². The molecule has 7 heteroatoms. The molecule has 0 aromatic heterocycles. The highest BCUT2D eigenvalue weighted by molar-refractivity contribution is 5.92. The van der Waals surface area contributed by atoms with Crippen molar-refractivity contribution in [2.75, 3.05) is 20.2 Å². The van der Waals surface area contributed by atoms with E-state index in [1.165, 1.54) is 0 Å². The summed E-state index contributed by atoms with van der Waals surface area (Å²) in [5.41, 5.74) is -0.190. The SMILES string of the molecule is CCCNC(CC)(CC)C(=O)NC(C(=O)N(C)C(/C=C(\C)C(=O)OCC)C(C)C)C1CCCC1. The van der Waals surface area contributed by atoms with Gasteiger partial charge in [-0.2, -0.15) is 0 Å². The van der Waals surface area contributed by atoms with E-state index in [-0.39, 0.29) is 35.7 Å². The molecular weight excluding hydrogens is 430 g/mol. The maximum Gasteiger partial charge on any atom is 0.333 e. The fourth-order valence-corrected chi connectivity index (χ4v) is 4.90. The molecule has 0 aliphatic heterocycles. The van der Waals surface area contributed by atoms with E-state index in [2.05, 4.69) is 17.6 Å². The fraction of sp³-hybridized carbons (Fsp3) is 0.815. The number of nitrogens with zero attached hydrogens (tertiary/aromatic N) is 1. The minimum absolute atomic E-state index is 0.0925. The number of rotatable bonds is 14. The van der Waals surface area contributed by atoms with Gasteiger partial charge in [0.25, 0.3) is 0 Å². The molecule has 1 fully saturated rings. The lowest BCUT2D eigenvalue weighted by atomic mass is 9.89. The lowest BCUT2D eigenvalue weighted by Crippen LogP contribution is -2.62. The predicted molar refractivity (Wildman–Crippen MR) is 137 cm³/mol. The molecule has 0 bridgehead atoms. The summed E-state index contributed by atoms with van der Waals surface area (Å²) in [5, 5.41) is 6.62. The summed E-state index contributed by atoms with van der Waals surface area (Å²) in [6.45, 7) is 14.7. The van der Waals surface area contributed by atoms with Crippen molar-refractivity contribution in [2.45, 2.75) is 111 Å². The van der Waals surface area contributed by atoms with E-state index < -0.39 is 11.6 Å². The smallest absolute Gasteiger partial charge is 0.333 e. The Balaban J connectivity index is 3.22. The van der Waals surface area contributed by atoms with Crippen LogP contribution in [0, 0.1) is 11.8 Å². The van der Waals surface area contributed by atoms with Crippen molar-refractivity contribution in [3.05, 3.63) is 11.6 Å². The maximum atomic E-state index is 13.9. The third-order valence-corrected chi connectivity index (χ3v) is 7.28. The van der Waals surface area contributed by atoms with Gasteiger partial charge in [-0.05, 0) is 64.3 Å². The van der Waals surface area contributed by atoms with Crippen LogP contribution in [0.5, 0.6) is 0 Å². The number of ether oxygens (including phenoxy) is 1. The van der Waals surface area contributed by atoms with Crippen LogP contribution in [0.25, 0.3) is 0 Å². The van der Waals surface area contributed by atoms with E-state index in [1.807, 2.05) is 33.8 Å². The summed E-state index contributed by atoms with van der Waals surface area (Å²) < 4.78 is 5.13. The van der Waals surface area contributed by atoms with E-state index in [0.29, 0.717) is 25.0 Å². The second-order valence-electron chi connectivity index (χ2n) is 9.97. The Labute approximate surface area is 207 Å². The largest absolute Gasteiger partial charge is 0.463 e. The van der Waals surface area contributed by atoms with Crippen LogP contribution in [0.3, 0.4) is 0 Å². The Hall–Kier alpha value is -1.89. The van der Waals surface area contributed by atoms with Gasteiger partial charge in [0.2, 0.25) is 11.8 Å². The van der Waals surface area contributed by atoms with Gasteiger partial charge in [0.1, 0.15) is 6.04 Å². The van der Waals surface area contributed by atoms with Gasteiger partial charge in [-0.25, -0.2) is 4.79 Å². The molecule has 2 N–H and O–H groups in total. The molecule has 0 aromatic carbocycles. The first-order valence-electron chi connectivity index (χ1n) is 13.3. The second-order valence-corrected chi connectivity index (χ2v) is 9.97. The number of likely N-dealkylation sites (N-methyl/N-ethyl adjacent to an activating group) is 1. The Bertz CT molecular complexity index is 694. The van der Waals surface area contributed by atoms with Gasteiger partial charge in [-0.15, -0.1) is 0 Å². The van der Waals surface area contributed by atoms with E-state index in [1.54, 1.807) is 25.8 Å². The van der Waals surface area contributed by atoms with Gasteiger partial charge in [0.05, 0.1) is 18.2 Å². The van der Waals surface area contributed by atoms with Crippen molar-refractivity contribution in [3.63, 3.8) is 0 Å². The monoisotopic (exact) mass is 479 g/mol. The molecule has 0 spiro atoms. The first kappa shape index (κ1) is 30.1. The molecule has 2 atom stereocenters. The zero-order valence-corrected chi connectivity index (χ0v) is 22.8. The van der Waals surface area contributed by atoms with Crippen LogP contribution >= 0.6 is 0 Å². The third kappa shape index (κ3) is 7.82. The first-order valence-corrected chi connectivity index (χ1v) is 13.3. The van der Waals surface area contributed by atoms with E-state index in [9.17, 15) is 14.4 Å². The number of amides is 2. The molecule has 1 rings (SSSR count). The predicted octanol–water partition coefficient (Wildman–Crippen LogP) is 4.21. The number of hydrogen-bond acceptors (Lipinski definition) is 5. The highest BCUT2D eigenvalue weighted by Crippen LogP contribution is 2.30. The van der Waals surface area contributed by atoms with Crippen molar-refractivity contribution in [1.29, 1.82) is 0 Å². The van der Waals surface area contributed by atoms with E-state index in [0.717, 1.165) is 38.6 Å². The van der Waals surface area contributed by atoms with Crippen LogP contribution in [0.15, 0.2) is 11.6 Å². The van der Waals surface area contributed by atoms with E-state index in [4.69, 9.17) is 4.74 Å². The van der Waals surface area contributed by atoms with Crippen molar-refractivity contribution in [2.24, 2.45) is 11.8 Å². The number of carbonyl (C=O) groups excluding carboxylic acids is 3. The summed E-state index contributed by atoms with van der Waals surface area (Å²) >= 11 is 0. The summed E-state index contributed by atoms with van der Waals surface area (Å²) in [6, 6.07) is -0.850. The molecule has 1 saturated carbocycles. The molecule has 0 saturated heterocycles. The van der Waals surface area contributed by atoms with Crippen LogP contribution in [0.4, 0.5) is 0 Å². The first-order chi connectivity index (χ1) is 16.1. The Morgan fingerprint density at radius 3 is 2.15 bits per heavy atom. The van der Waals surface area contributed by atoms with Crippen molar-refractivity contribution >= 4 is 17.8 Å². The highest BCUT2D eigenvalue weighted by atomic mass is 16.5. The zero-order valence-electron chi connectivity index (χ0n) is 22.8. The maximum absolute atomic E-state index is 13.9. The van der Waals surface area contributed by atoms with Gasteiger partial charge in [-0.3, -0.25) is 9.59 Å². The Morgan fingerprint density at radius 2 is 1.68 bits per heavy atom. The second kappa shape index (κ2) is 14.5. The molecule has 1 aliphatic carbocycles. The van der Waals surface area contributed by atoms with Crippen molar-refractivity contribution < 1.29 is 19.1 Å². The molecule has 0 radical (unpaired) electrons. The third-order valence-electron chi connectivity index (χ3n) is 7.28. The van der Waals surface area contributed by atoms with Gasteiger partial charge < -0.3 is 20.3 Å². The Morgan fingerprint density at radius 1 is 1.09 bits per heavy atom. The average Bonchev–Trinajstić information content (AvgIpc) is 3.35. The summed E-state index contributed by atoms with van der Waals surface area (Å²) in [5.74, 6) is -0.339. The normalized spacial score (nSPS) is 16.9. The molecule has 0 heterocycles. The lowest BCUT2D eigenvalue weighted by molar-refractivity contribution is -0.140. The molecular formula is C27H49N3O4. The quantitative estimate of drug-likeness (QED) is 0.288. The molecule has 2 amide bonds. The fourth-order valence-electron chi connectivity index (χ4n) is 4.90. The van der Waals surface area contributed by atoms with Gasteiger partial charge in [0, 0.05) is 12.6 Å². The number of hydrogen-bond donors (Lipinski definition) is 2. The van der Waals surface area contributed by atoms with Crippen LogP contribution in [-0.4, -0.2) is 60.5 Å². The van der Waals surface area contributed by atoms with Crippen LogP contribution in [0.1, 0.15) is 93.4 Å². The van der Waals surface area contributed by atoms with Crippen LogP contribution in [-0.2, 0) is 19.1 Å². The standard InChI is InChI=1S/C27H49N3O4/c1-9-17-28-27(10-2,11-3)26(33)29-23(21-15-13-14-16-21)24(31)30(8)22(19(5)6)18-20(7)25(32)34-12-4/h18-19,21-23,28H,9-17H2,1-8H3,(H,29,33)/b20-18+. The lowest BCUT2D eigenvalue weighted by Gasteiger charge is -2.37. The molecule has 196 valence electrons. The number of esters is 1. The highest BCUT2D eigenvalue weighted by Gasteiger charge is 2.41. The molecule has 7 nitrogen and oxygen atoms in total. The Kier molecular flexibility index (Phi) is 12.9. The number of nitrogens with one attached hydrogen (secondary N) is 2.